The number of hydrogen-bond donors (Lipinski definition) is 11. The van der Waals surface area contributed by atoms with E-state index in [9.17, 15) is 74.9 Å². The smallest absolute Gasteiger partial charge is 0.462 e. The standard InChI is InChI=1S/C71H129O24P/c1-4-7-10-13-16-19-22-25-27-29-32-34-37-40-43-46-56(74)88-51-54-59(77)61(79)66(84)71(92-54)94-68-64(82)62(80)63(81)67(93-70-65(83)60(78)58(76)53(48-72)91-70)69(68)95-96(85,86)89-50-52(90-57(75)47-44-41-38-35-30-24-21-18-15-12-9-6-3)49-87-55(73)45-42-39-36-33-31-28-26-23-20-17-14-11-8-5-2/h37,40,43,46,52-54,58-72,76-84H,4-36,38-39,41-42,44-45,47-51H2,1-3H3,(H,85,86)/b40-37+,46-43+. The lowest BCUT2D eigenvalue weighted by atomic mass is 9.84. The topological polar surface area (TPSA) is 374 Å². The van der Waals surface area contributed by atoms with Crippen LogP contribution in [-0.4, -0.2) is 204 Å². The van der Waals surface area contributed by atoms with Gasteiger partial charge in [0.1, 0.15) is 98.7 Å². The monoisotopic (exact) mass is 1400 g/mol. The molecule has 96 heavy (non-hydrogen) atoms. The van der Waals surface area contributed by atoms with Gasteiger partial charge in [0.15, 0.2) is 18.7 Å². The molecule has 0 spiro atoms. The van der Waals surface area contributed by atoms with Crippen LogP contribution < -0.4 is 0 Å². The summed E-state index contributed by atoms with van der Waals surface area (Å²) in [6, 6.07) is 0. The molecular formula is C71H129O24P. The Hall–Kier alpha value is -2.56. The van der Waals surface area contributed by atoms with E-state index in [2.05, 4.69) is 20.8 Å². The van der Waals surface area contributed by atoms with Gasteiger partial charge in [0.25, 0.3) is 0 Å². The number of aliphatic hydroxyl groups excluding tert-OH is 10. The number of esters is 3. The van der Waals surface area contributed by atoms with E-state index in [1.807, 2.05) is 6.08 Å². The van der Waals surface area contributed by atoms with Gasteiger partial charge in [0.2, 0.25) is 0 Å². The zero-order chi connectivity index (χ0) is 70.4. The fourth-order valence-corrected chi connectivity index (χ4v) is 13.2. The lowest BCUT2D eigenvalue weighted by molar-refractivity contribution is -0.360. The molecule has 25 heteroatoms. The predicted octanol–water partition coefficient (Wildman–Crippen LogP) is 9.74. The Bertz CT molecular complexity index is 2090. The molecule has 0 bridgehead atoms. The molecule has 18 atom stereocenters. The van der Waals surface area contributed by atoms with E-state index in [1.54, 1.807) is 6.08 Å². The number of hydrogen-bond acceptors (Lipinski definition) is 23. The van der Waals surface area contributed by atoms with Gasteiger partial charge >= 0.3 is 25.7 Å². The van der Waals surface area contributed by atoms with Gasteiger partial charge in [-0.15, -0.1) is 0 Å². The minimum absolute atomic E-state index is 0.0390. The maximum Gasteiger partial charge on any atom is 0.472 e. The molecule has 2 saturated heterocycles. The van der Waals surface area contributed by atoms with Crippen LogP contribution >= 0.6 is 7.82 Å². The number of aliphatic hydroxyl groups is 10. The average Bonchev–Trinajstić information content (AvgIpc) is 0.764. The third-order valence-corrected chi connectivity index (χ3v) is 19.3. The summed E-state index contributed by atoms with van der Waals surface area (Å²) in [5.74, 6) is -2.22. The normalized spacial score (nSPS) is 28.1. The average molecular weight is 1400 g/mol. The maximum atomic E-state index is 14.3. The fourth-order valence-electron chi connectivity index (χ4n) is 12.3. The van der Waals surface area contributed by atoms with E-state index in [-0.39, 0.29) is 12.8 Å². The Morgan fingerprint density at radius 3 is 1.23 bits per heavy atom. The van der Waals surface area contributed by atoms with Crippen LogP contribution in [0.3, 0.4) is 0 Å². The molecule has 18 unspecified atom stereocenters. The number of ether oxygens (including phenoxy) is 7. The Kier molecular flexibility index (Phi) is 48.7. The van der Waals surface area contributed by atoms with Crippen LogP contribution in [0.4, 0.5) is 0 Å². The summed E-state index contributed by atoms with van der Waals surface area (Å²) in [6.45, 7) is 3.35. The minimum Gasteiger partial charge on any atom is -0.462 e. The van der Waals surface area contributed by atoms with Crippen molar-refractivity contribution in [3.63, 3.8) is 0 Å². The molecule has 3 fully saturated rings. The molecule has 0 aromatic rings. The number of allylic oxidation sites excluding steroid dienone is 3. The molecule has 1 aliphatic carbocycles. The van der Waals surface area contributed by atoms with Gasteiger partial charge in [-0.25, -0.2) is 9.36 Å². The van der Waals surface area contributed by atoms with Gasteiger partial charge < -0.3 is 89.1 Å². The van der Waals surface area contributed by atoms with E-state index in [0.717, 1.165) is 96.0 Å². The molecule has 0 radical (unpaired) electrons. The number of rotatable bonds is 57. The molecule has 0 aromatic carbocycles. The van der Waals surface area contributed by atoms with E-state index in [4.69, 9.17) is 42.2 Å². The van der Waals surface area contributed by atoms with Crippen molar-refractivity contribution < 1.29 is 117 Å². The molecule has 562 valence electrons. The Morgan fingerprint density at radius 2 is 0.802 bits per heavy atom. The first kappa shape index (κ1) is 87.7. The number of phosphoric ester groups is 1. The van der Waals surface area contributed by atoms with Gasteiger partial charge in [-0.05, 0) is 25.7 Å². The second-order valence-corrected chi connectivity index (χ2v) is 28.1. The molecule has 3 aliphatic rings. The molecule has 2 heterocycles. The predicted molar refractivity (Wildman–Crippen MR) is 361 cm³/mol. The van der Waals surface area contributed by atoms with Gasteiger partial charge in [-0.3, -0.25) is 18.6 Å². The van der Waals surface area contributed by atoms with Crippen molar-refractivity contribution in [3.8, 4) is 0 Å². The van der Waals surface area contributed by atoms with Crippen molar-refractivity contribution in [3.05, 3.63) is 24.3 Å². The summed E-state index contributed by atoms with van der Waals surface area (Å²) in [4.78, 5) is 50.8. The summed E-state index contributed by atoms with van der Waals surface area (Å²) in [7, 11) is -5.70. The van der Waals surface area contributed by atoms with Crippen LogP contribution in [0.1, 0.15) is 278 Å². The van der Waals surface area contributed by atoms with Gasteiger partial charge in [0, 0.05) is 18.9 Å². The number of phosphoric acid groups is 1. The number of carbonyl (C=O) groups excluding carboxylic acids is 3. The third kappa shape index (κ3) is 36.4. The molecule has 0 amide bonds. The van der Waals surface area contributed by atoms with Gasteiger partial charge in [0.05, 0.1) is 13.2 Å². The van der Waals surface area contributed by atoms with E-state index in [1.165, 1.54) is 147 Å². The van der Waals surface area contributed by atoms with Crippen LogP contribution in [-0.2, 0) is 61.2 Å². The number of unbranched alkanes of at least 4 members (excludes halogenated alkanes) is 35. The van der Waals surface area contributed by atoms with Crippen molar-refractivity contribution in [2.45, 2.75) is 382 Å². The maximum absolute atomic E-state index is 14.3. The summed E-state index contributed by atoms with van der Waals surface area (Å²) < 4.78 is 64.7. The van der Waals surface area contributed by atoms with Crippen LogP contribution in [0, 0.1) is 0 Å². The summed E-state index contributed by atoms with van der Waals surface area (Å²) in [6.07, 6.45) is 13.2. The van der Waals surface area contributed by atoms with Gasteiger partial charge in [-0.2, -0.15) is 0 Å². The highest BCUT2D eigenvalue weighted by molar-refractivity contribution is 7.47. The Labute approximate surface area is 573 Å². The highest BCUT2D eigenvalue weighted by atomic mass is 31.2. The fraction of sp³-hybridized carbons (Fsp3) is 0.901. The van der Waals surface area contributed by atoms with Crippen LogP contribution in [0.2, 0.25) is 0 Å². The van der Waals surface area contributed by atoms with Crippen molar-refractivity contribution in [2.24, 2.45) is 0 Å². The van der Waals surface area contributed by atoms with Crippen molar-refractivity contribution in [1.29, 1.82) is 0 Å². The van der Waals surface area contributed by atoms with Crippen LogP contribution in [0.25, 0.3) is 0 Å². The first-order chi connectivity index (χ1) is 46.3. The molecule has 3 rings (SSSR count). The lowest BCUT2D eigenvalue weighted by Crippen LogP contribution is -2.69. The van der Waals surface area contributed by atoms with Crippen molar-refractivity contribution >= 4 is 25.7 Å². The first-order valence-corrected chi connectivity index (χ1v) is 38.7. The Balaban J connectivity index is 1.75. The zero-order valence-electron chi connectivity index (χ0n) is 58.4. The van der Waals surface area contributed by atoms with Crippen molar-refractivity contribution in [2.75, 3.05) is 26.4 Å². The minimum atomic E-state index is -5.70. The van der Waals surface area contributed by atoms with E-state index >= 15 is 0 Å². The van der Waals surface area contributed by atoms with Gasteiger partial charge in [-0.1, -0.05) is 257 Å². The number of carbonyl (C=O) groups is 3. The summed E-state index contributed by atoms with van der Waals surface area (Å²) in [5, 5.41) is 110. The molecule has 11 N–H and O–H groups in total. The lowest BCUT2D eigenvalue weighted by Gasteiger charge is -2.49. The third-order valence-electron chi connectivity index (χ3n) is 18.3. The highest BCUT2D eigenvalue weighted by Gasteiger charge is 2.58. The summed E-state index contributed by atoms with van der Waals surface area (Å²) >= 11 is 0. The second-order valence-electron chi connectivity index (χ2n) is 26.7. The molecule has 0 aromatic heterocycles. The molecule has 2 aliphatic heterocycles. The van der Waals surface area contributed by atoms with E-state index in [0.29, 0.717) is 12.8 Å². The zero-order valence-corrected chi connectivity index (χ0v) is 59.3. The van der Waals surface area contributed by atoms with Crippen LogP contribution in [0.15, 0.2) is 24.3 Å². The molecule has 1 saturated carbocycles. The highest BCUT2D eigenvalue weighted by Crippen LogP contribution is 2.49. The quantitative estimate of drug-likeness (QED) is 0.00673. The molecular weight excluding hydrogens is 1270 g/mol. The SMILES string of the molecule is CCCCCCCCCCCCC/C=C/C=C/C(=O)OCC1OC(OC2C(O)C(O)C(O)C(OC3OC(CO)C(O)C(O)C3O)C2OP(=O)(O)OCC(COC(=O)CCCCCCCCCCCCCCCC)OC(=O)CCCCCCCCCCCCCC)C(O)C(O)C1O. The first-order valence-electron chi connectivity index (χ1n) is 37.2. The van der Waals surface area contributed by atoms with Crippen LogP contribution in [0.5, 0.6) is 0 Å². The van der Waals surface area contributed by atoms with E-state index < -0.39 is 156 Å². The Morgan fingerprint density at radius 1 is 0.427 bits per heavy atom. The summed E-state index contributed by atoms with van der Waals surface area (Å²) in [5.41, 5.74) is 0. The van der Waals surface area contributed by atoms with Crippen molar-refractivity contribution in [1.82, 2.24) is 0 Å². The molecule has 24 nitrogen and oxygen atoms in total. The second kappa shape index (κ2) is 53.3. The largest absolute Gasteiger partial charge is 0.472 e.